The van der Waals surface area contributed by atoms with Gasteiger partial charge in [-0.3, -0.25) is 10.1 Å². The Balaban J connectivity index is 1.57. The van der Waals surface area contributed by atoms with Crippen LogP contribution in [0.4, 0.5) is 22.7 Å². The van der Waals surface area contributed by atoms with E-state index in [0.717, 1.165) is 54.1 Å². The molecule has 0 aliphatic carbocycles. The maximum atomic E-state index is 13.3. The van der Waals surface area contributed by atoms with Gasteiger partial charge in [-0.1, -0.05) is 17.4 Å². The van der Waals surface area contributed by atoms with Crippen molar-refractivity contribution in [1.29, 1.82) is 0 Å². The molecule has 1 aromatic heterocycles. The third kappa shape index (κ3) is 4.13. The quantitative estimate of drug-likeness (QED) is 0.619. The summed E-state index contributed by atoms with van der Waals surface area (Å²) in [5, 5.41) is 13.3. The molecule has 29 heavy (non-hydrogen) atoms. The Morgan fingerprint density at radius 1 is 1.10 bits per heavy atom. The fourth-order valence-corrected chi connectivity index (χ4v) is 3.89. The van der Waals surface area contributed by atoms with Gasteiger partial charge in [-0.2, -0.15) is 13.2 Å². The van der Waals surface area contributed by atoms with Crippen LogP contribution in [-0.4, -0.2) is 22.6 Å². The molecule has 0 radical (unpaired) electrons. The van der Waals surface area contributed by atoms with Crippen molar-refractivity contribution in [3.63, 3.8) is 0 Å². The summed E-state index contributed by atoms with van der Waals surface area (Å²) in [4.78, 5) is 12.5. The van der Waals surface area contributed by atoms with Crippen LogP contribution in [0, 0.1) is 5.82 Å². The number of benzene rings is 2. The summed E-state index contributed by atoms with van der Waals surface area (Å²) in [6, 6.07) is 7.70. The van der Waals surface area contributed by atoms with Gasteiger partial charge in [-0.05, 0) is 54.4 Å². The number of fused-ring (bicyclic) bond motifs is 1. The normalized spacial score (nSPS) is 13.8. The van der Waals surface area contributed by atoms with Crippen molar-refractivity contribution < 1.29 is 22.4 Å². The second-order valence-electron chi connectivity index (χ2n) is 6.46. The van der Waals surface area contributed by atoms with Crippen molar-refractivity contribution in [2.75, 3.05) is 11.9 Å². The molecule has 10 heteroatoms. The summed E-state index contributed by atoms with van der Waals surface area (Å²) < 4.78 is 52.9. The standard InChI is InChI=1S/C19H14F4N4OS/c20-13-3-4-14(15(8-13)19(21,22)23)17-26-27-18(29-17)25-16(28)11-1-2-12-9-24-6-5-10(12)7-11/h1-4,7-8,24H,5-6,9H2,(H,25,27,28). The number of hydrogen-bond acceptors (Lipinski definition) is 5. The number of rotatable bonds is 3. The Morgan fingerprint density at radius 3 is 2.72 bits per heavy atom. The fourth-order valence-electron chi connectivity index (χ4n) is 3.11. The van der Waals surface area contributed by atoms with Crippen molar-refractivity contribution in [2.45, 2.75) is 19.1 Å². The molecule has 1 aliphatic heterocycles. The summed E-state index contributed by atoms with van der Waals surface area (Å²) >= 11 is 0.787. The van der Waals surface area contributed by atoms with Crippen LogP contribution in [0.3, 0.4) is 0 Å². The van der Waals surface area contributed by atoms with Gasteiger partial charge in [0.1, 0.15) is 10.8 Å². The van der Waals surface area contributed by atoms with Gasteiger partial charge in [0.25, 0.3) is 5.91 Å². The number of hydrogen-bond donors (Lipinski definition) is 2. The summed E-state index contributed by atoms with van der Waals surface area (Å²) in [5.41, 5.74) is 1.20. The minimum atomic E-state index is -4.75. The Kier molecular flexibility index (Phi) is 5.05. The van der Waals surface area contributed by atoms with Crippen LogP contribution < -0.4 is 10.6 Å². The third-order valence-electron chi connectivity index (χ3n) is 4.52. The second-order valence-corrected chi connectivity index (χ2v) is 7.44. The van der Waals surface area contributed by atoms with E-state index in [1.54, 1.807) is 12.1 Å². The van der Waals surface area contributed by atoms with Gasteiger partial charge in [-0.25, -0.2) is 4.39 Å². The number of nitrogens with one attached hydrogen (secondary N) is 2. The van der Waals surface area contributed by atoms with Gasteiger partial charge in [-0.15, -0.1) is 10.2 Å². The highest BCUT2D eigenvalue weighted by Gasteiger charge is 2.35. The molecule has 150 valence electrons. The smallest absolute Gasteiger partial charge is 0.312 e. The molecule has 1 aliphatic rings. The molecular formula is C19H14F4N4OS. The molecule has 2 N–H and O–H groups in total. The summed E-state index contributed by atoms with van der Waals surface area (Å²) in [7, 11) is 0. The lowest BCUT2D eigenvalue weighted by molar-refractivity contribution is -0.137. The molecule has 5 nitrogen and oxygen atoms in total. The molecule has 3 aromatic rings. The fraction of sp³-hybridized carbons (Fsp3) is 0.211. The van der Waals surface area contributed by atoms with Crippen LogP contribution in [0.2, 0.25) is 0 Å². The first-order valence-electron chi connectivity index (χ1n) is 8.66. The maximum absolute atomic E-state index is 13.3. The lowest BCUT2D eigenvalue weighted by atomic mass is 9.98. The number of carbonyl (C=O) groups is 1. The first kappa shape index (κ1) is 19.5. The number of carbonyl (C=O) groups excluding carboxylic acids is 1. The average Bonchev–Trinajstić information content (AvgIpc) is 3.15. The maximum Gasteiger partial charge on any atom is 0.417 e. The van der Waals surface area contributed by atoms with Crippen LogP contribution >= 0.6 is 11.3 Å². The van der Waals surface area contributed by atoms with Crippen LogP contribution in [0.1, 0.15) is 27.0 Å². The Hall–Kier alpha value is -2.85. The summed E-state index contributed by atoms with van der Waals surface area (Å²) in [6.07, 6.45) is -3.94. The topological polar surface area (TPSA) is 66.9 Å². The largest absolute Gasteiger partial charge is 0.417 e. The highest BCUT2D eigenvalue weighted by Crippen LogP contribution is 2.39. The van der Waals surface area contributed by atoms with E-state index in [4.69, 9.17) is 0 Å². The molecule has 0 saturated carbocycles. The van der Waals surface area contributed by atoms with E-state index < -0.39 is 23.5 Å². The minimum absolute atomic E-state index is 0.0573. The zero-order valence-corrected chi connectivity index (χ0v) is 15.6. The molecule has 0 atom stereocenters. The van der Waals surface area contributed by atoms with E-state index in [2.05, 4.69) is 20.8 Å². The molecule has 0 unspecified atom stereocenters. The third-order valence-corrected chi connectivity index (χ3v) is 5.39. The van der Waals surface area contributed by atoms with Gasteiger partial charge >= 0.3 is 6.18 Å². The van der Waals surface area contributed by atoms with E-state index in [-0.39, 0.29) is 15.7 Å². The molecule has 0 spiro atoms. The molecular weight excluding hydrogens is 408 g/mol. The zero-order valence-electron chi connectivity index (χ0n) is 14.8. The van der Waals surface area contributed by atoms with Gasteiger partial charge in [0.15, 0.2) is 0 Å². The predicted octanol–water partition coefficient (Wildman–Crippen LogP) is 4.26. The lowest BCUT2D eigenvalue weighted by Crippen LogP contribution is -2.24. The summed E-state index contributed by atoms with van der Waals surface area (Å²) in [6.45, 7) is 1.58. The molecule has 4 rings (SSSR count). The van der Waals surface area contributed by atoms with Crippen LogP contribution in [0.5, 0.6) is 0 Å². The van der Waals surface area contributed by atoms with Crippen LogP contribution in [-0.2, 0) is 19.1 Å². The molecule has 0 saturated heterocycles. The number of halogens is 4. The minimum Gasteiger partial charge on any atom is -0.312 e. The van der Waals surface area contributed by atoms with Crippen molar-refractivity contribution >= 4 is 22.4 Å². The lowest BCUT2D eigenvalue weighted by Gasteiger charge is -2.17. The van der Waals surface area contributed by atoms with Crippen LogP contribution in [0.25, 0.3) is 10.6 Å². The van der Waals surface area contributed by atoms with Crippen molar-refractivity contribution in [3.8, 4) is 10.6 Å². The highest BCUT2D eigenvalue weighted by molar-refractivity contribution is 7.18. The zero-order chi connectivity index (χ0) is 20.6. The van der Waals surface area contributed by atoms with E-state index >= 15 is 0 Å². The number of alkyl halides is 3. The number of amides is 1. The molecule has 2 aromatic carbocycles. The molecule has 0 fully saturated rings. The van der Waals surface area contributed by atoms with Crippen LogP contribution in [0.15, 0.2) is 36.4 Å². The summed E-state index contributed by atoms with van der Waals surface area (Å²) in [5.74, 6) is -1.43. The number of aromatic nitrogens is 2. The van der Waals surface area contributed by atoms with E-state index in [9.17, 15) is 22.4 Å². The van der Waals surface area contributed by atoms with E-state index in [0.29, 0.717) is 11.6 Å². The van der Waals surface area contributed by atoms with Gasteiger partial charge < -0.3 is 5.32 Å². The average molecular weight is 422 g/mol. The Labute approximate surface area is 166 Å². The first-order valence-corrected chi connectivity index (χ1v) is 9.47. The SMILES string of the molecule is O=C(Nc1nnc(-c2ccc(F)cc2C(F)(F)F)s1)c1ccc2c(c1)CCNC2. The molecule has 0 bridgehead atoms. The number of anilines is 1. The van der Waals surface area contributed by atoms with Crippen molar-refractivity contribution in [1.82, 2.24) is 15.5 Å². The van der Waals surface area contributed by atoms with Gasteiger partial charge in [0.2, 0.25) is 5.13 Å². The number of nitrogens with zero attached hydrogens (tertiary/aromatic N) is 2. The second kappa shape index (κ2) is 7.53. The molecule has 1 amide bonds. The predicted molar refractivity (Wildman–Crippen MR) is 100 cm³/mol. The Bertz CT molecular complexity index is 1080. The molecule has 2 heterocycles. The highest BCUT2D eigenvalue weighted by atomic mass is 32.1. The van der Waals surface area contributed by atoms with Gasteiger partial charge in [0.05, 0.1) is 5.56 Å². The van der Waals surface area contributed by atoms with Crippen molar-refractivity contribution in [2.24, 2.45) is 0 Å². The van der Waals surface area contributed by atoms with Crippen molar-refractivity contribution in [3.05, 3.63) is 64.5 Å². The first-order chi connectivity index (χ1) is 13.8. The Morgan fingerprint density at radius 2 is 1.93 bits per heavy atom. The van der Waals surface area contributed by atoms with E-state index in [1.165, 1.54) is 0 Å². The van der Waals surface area contributed by atoms with Gasteiger partial charge in [0, 0.05) is 17.7 Å². The monoisotopic (exact) mass is 422 g/mol. The van der Waals surface area contributed by atoms with E-state index in [1.807, 2.05) is 6.07 Å².